The van der Waals surface area contributed by atoms with Crippen LogP contribution in [0.15, 0.2) is 76.8 Å². The predicted molar refractivity (Wildman–Crippen MR) is 109 cm³/mol. The summed E-state index contributed by atoms with van der Waals surface area (Å²) < 4.78 is 38.0. The van der Waals surface area contributed by atoms with Gasteiger partial charge >= 0.3 is 6.18 Å². The Morgan fingerprint density at radius 3 is 2.10 bits per heavy atom. The van der Waals surface area contributed by atoms with Gasteiger partial charge in [0, 0.05) is 29.4 Å². The van der Waals surface area contributed by atoms with Crippen LogP contribution < -0.4 is 10.6 Å². The first-order chi connectivity index (χ1) is 14.2. The highest BCUT2D eigenvalue weighted by molar-refractivity contribution is 7.99. The number of aromatic nitrogens is 1. The summed E-state index contributed by atoms with van der Waals surface area (Å²) in [5.41, 5.74) is 0.384. The van der Waals surface area contributed by atoms with Crippen molar-refractivity contribution in [3.8, 4) is 0 Å². The highest BCUT2D eigenvalue weighted by atomic mass is 32.2. The van der Waals surface area contributed by atoms with Crippen LogP contribution in [-0.2, 0) is 11.0 Å². The van der Waals surface area contributed by atoms with E-state index < -0.39 is 17.6 Å². The molecule has 0 aliphatic carbocycles. The van der Waals surface area contributed by atoms with Crippen LogP contribution in [0.5, 0.6) is 0 Å². The molecule has 0 saturated heterocycles. The minimum Gasteiger partial charge on any atom is -0.326 e. The maximum absolute atomic E-state index is 12.7. The monoisotopic (exact) mass is 431 g/mol. The summed E-state index contributed by atoms with van der Waals surface area (Å²) in [6, 6.07) is 14.4. The van der Waals surface area contributed by atoms with Gasteiger partial charge in [0.05, 0.1) is 11.1 Å². The van der Waals surface area contributed by atoms with Gasteiger partial charge in [0.2, 0.25) is 5.91 Å². The summed E-state index contributed by atoms with van der Waals surface area (Å²) in [7, 11) is 0. The Bertz CT molecular complexity index is 1050. The Morgan fingerprint density at radius 2 is 1.50 bits per heavy atom. The van der Waals surface area contributed by atoms with Crippen molar-refractivity contribution in [3.05, 3.63) is 78.0 Å². The Labute approximate surface area is 174 Å². The van der Waals surface area contributed by atoms with Crippen LogP contribution >= 0.6 is 11.8 Å². The van der Waals surface area contributed by atoms with Crippen LogP contribution in [0.1, 0.15) is 22.8 Å². The molecule has 0 spiro atoms. The average molecular weight is 431 g/mol. The lowest BCUT2D eigenvalue weighted by molar-refractivity contribution is -0.137. The van der Waals surface area contributed by atoms with Crippen molar-refractivity contribution in [2.24, 2.45) is 0 Å². The van der Waals surface area contributed by atoms with Crippen molar-refractivity contribution in [1.29, 1.82) is 0 Å². The maximum Gasteiger partial charge on any atom is 0.416 e. The fourth-order valence-corrected chi connectivity index (χ4v) is 3.39. The summed E-state index contributed by atoms with van der Waals surface area (Å²) >= 11 is 1.25. The molecule has 2 amide bonds. The number of alkyl halides is 3. The number of halogens is 3. The van der Waals surface area contributed by atoms with Crippen LogP contribution in [0, 0.1) is 0 Å². The summed E-state index contributed by atoms with van der Waals surface area (Å²) in [5.74, 6) is -0.664. The number of anilines is 2. The summed E-state index contributed by atoms with van der Waals surface area (Å²) in [6.07, 6.45) is -2.89. The average Bonchev–Trinajstić information content (AvgIpc) is 2.69. The first kappa shape index (κ1) is 21.4. The SMILES string of the molecule is CC(=O)Nc1ccc(Sc2ncccc2C(=O)Nc2ccc(C(F)(F)F)cc2)cc1. The lowest BCUT2D eigenvalue weighted by atomic mass is 10.2. The number of hydrogen-bond acceptors (Lipinski definition) is 4. The number of rotatable bonds is 5. The fourth-order valence-electron chi connectivity index (χ4n) is 2.51. The van der Waals surface area contributed by atoms with Gasteiger partial charge in [-0.15, -0.1) is 0 Å². The quantitative estimate of drug-likeness (QED) is 0.563. The van der Waals surface area contributed by atoms with Gasteiger partial charge in [0.1, 0.15) is 5.03 Å². The molecule has 2 N–H and O–H groups in total. The molecule has 30 heavy (non-hydrogen) atoms. The zero-order valence-electron chi connectivity index (χ0n) is 15.7. The number of pyridine rings is 1. The van der Waals surface area contributed by atoms with Crippen LogP contribution in [0.4, 0.5) is 24.5 Å². The lowest BCUT2D eigenvalue weighted by Crippen LogP contribution is -2.14. The smallest absolute Gasteiger partial charge is 0.326 e. The second kappa shape index (κ2) is 9.00. The van der Waals surface area contributed by atoms with E-state index in [-0.39, 0.29) is 17.2 Å². The topological polar surface area (TPSA) is 71.1 Å². The molecule has 0 aliphatic heterocycles. The molecular formula is C21H16F3N3O2S. The molecule has 0 saturated carbocycles. The standard InChI is InChI=1S/C21H16F3N3O2S/c1-13(28)26-15-8-10-17(11-9-15)30-20-18(3-2-12-25-20)19(29)27-16-6-4-14(5-7-16)21(22,23)24/h2-12H,1H3,(H,26,28)(H,27,29). The third-order valence-electron chi connectivity index (χ3n) is 3.88. The third kappa shape index (κ3) is 5.60. The molecule has 0 atom stereocenters. The van der Waals surface area contributed by atoms with Crippen LogP contribution in [0.25, 0.3) is 0 Å². The van der Waals surface area contributed by atoms with Crippen molar-refractivity contribution in [2.75, 3.05) is 10.6 Å². The molecule has 0 bridgehead atoms. The van der Waals surface area contributed by atoms with Crippen LogP contribution in [0.3, 0.4) is 0 Å². The highest BCUT2D eigenvalue weighted by Crippen LogP contribution is 2.31. The summed E-state index contributed by atoms with van der Waals surface area (Å²) in [5, 5.41) is 5.69. The minimum absolute atomic E-state index is 0.178. The van der Waals surface area contributed by atoms with E-state index in [2.05, 4.69) is 15.6 Å². The molecule has 0 aliphatic rings. The van der Waals surface area contributed by atoms with Crippen molar-refractivity contribution in [1.82, 2.24) is 4.98 Å². The van der Waals surface area contributed by atoms with Crippen molar-refractivity contribution < 1.29 is 22.8 Å². The number of amides is 2. The first-order valence-electron chi connectivity index (χ1n) is 8.71. The lowest BCUT2D eigenvalue weighted by Gasteiger charge is -2.11. The van der Waals surface area contributed by atoms with Crippen LogP contribution in [0.2, 0.25) is 0 Å². The minimum atomic E-state index is -4.44. The van der Waals surface area contributed by atoms with Crippen molar-refractivity contribution in [3.63, 3.8) is 0 Å². The van der Waals surface area contributed by atoms with Gasteiger partial charge in [-0.1, -0.05) is 11.8 Å². The van der Waals surface area contributed by atoms with Crippen molar-refractivity contribution in [2.45, 2.75) is 23.0 Å². The van der Waals surface area contributed by atoms with Crippen molar-refractivity contribution >= 4 is 35.0 Å². The normalized spacial score (nSPS) is 11.1. The number of carbonyl (C=O) groups is 2. The Balaban J connectivity index is 1.74. The number of benzene rings is 2. The van der Waals surface area contributed by atoms with E-state index in [1.54, 1.807) is 42.6 Å². The van der Waals surface area contributed by atoms with E-state index in [0.717, 1.165) is 17.0 Å². The van der Waals surface area contributed by atoms with E-state index in [0.29, 0.717) is 10.7 Å². The van der Waals surface area contributed by atoms with Gasteiger partial charge in [-0.05, 0) is 60.7 Å². The summed E-state index contributed by atoms with van der Waals surface area (Å²) in [6.45, 7) is 1.41. The molecule has 0 fully saturated rings. The maximum atomic E-state index is 12.7. The number of nitrogens with zero attached hydrogens (tertiary/aromatic N) is 1. The molecule has 0 radical (unpaired) electrons. The van der Waals surface area contributed by atoms with E-state index in [1.165, 1.54) is 30.8 Å². The van der Waals surface area contributed by atoms with Gasteiger partial charge in [-0.3, -0.25) is 9.59 Å². The van der Waals surface area contributed by atoms with E-state index in [4.69, 9.17) is 0 Å². The molecule has 0 unspecified atom stereocenters. The highest BCUT2D eigenvalue weighted by Gasteiger charge is 2.30. The predicted octanol–water partition coefficient (Wildman–Crippen LogP) is 5.46. The van der Waals surface area contributed by atoms with Gasteiger partial charge in [-0.25, -0.2) is 4.98 Å². The Kier molecular flexibility index (Phi) is 6.41. The van der Waals surface area contributed by atoms with Gasteiger partial charge in [0.15, 0.2) is 0 Å². The molecule has 2 aromatic carbocycles. The second-order valence-electron chi connectivity index (χ2n) is 6.19. The molecular weight excluding hydrogens is 415 g/mol. The molecule has 3 aromatic rings. The Morgan fingerprint density at radius 1 is 0.900 bits per heavy atom. The zero-order chi connectivity index (χ0) is 21.7. The molecule has 5 nitrogen and oxygen atoms in total. The van der Waals surface area contributed by atoms with E-state index in [1.807, 2.05) is 0 Å². The van der Waals surface area contributed by atoms with Gasteiger partial charge < -0.3 is 10.6 Å². The van der Waals surface area contributed by atoms with E-state index in [9.17, 15) is 22.8 Å². The van der Waals surface area contributed by atoms with Gasteiger partial charge in [0.25, 0.3) is 5.91 Å². The third-order valence-corrected chi connectivity index (χ3v) is 4.90. The summed E-state index contributed by atoms with van der Waals surface area (Å²) in [4.78, 5) is 28.8. The zero-order valence-corrected chi connectivity index (χ0v) is 16.5. The number of carbonyl (C=O) groups excluding carboxylic acids is 2. The molecule has 1 aromatic heterocycles. The van der Waals surface area contributed by atoms with Crippen LogP contribution in [-0.4, -0.2) is 16.8 Å². The number of hydrogen-bond donors (Lipinski definition) is 2. The first-order valence-corrected chi connectivity index (χ1v) is 9.53. The van der Waals surface area contributed by atoms with Gasteiger partial charge in [-0.2, -0.15) is 13.2 Å². The molecule has 1 heterocycles. The van der Waals surface area contributed by atoms with E-state index >= 15 is 0 Å². The molecule has 3 rings (SSSR count). The Hall–Kier alpha value is -3.33. The molecule has 154 valence electrons. The largest absolute Gasteiger partial charge is 0.416 e. The fraction of sp³-hybridized carbons (Fsp3) is 0.0952. The second-order valence-corrected chi connectivity index (χ2v) is 7.26. The molecule has 9 heteroatoms. The number of nitrogens with one attached hydrogen (secondary N) is 2.